The van der Waals surface area contributed by atoms with Crippen molar-refractivity contribution in [2.24, 2.45) is 0 Å². The Labute approximate surface area is 121 Å². The molecule has 0 amide bonds. The van der Waals surface area contributed by atoms with Gasteiger partial charge in [0, 0.05) is 11.1 Å². The van der Waals surface area contributed by atoms with Crippen molar-refractivity contribution in [2.75, 3.05) is 0 Å². The van der Waals surface area contributed by atoms with Crippen molar-refractivity contribution in [1.29, 1.82) is 0 Å². The number of hydrogen-bond acceptors (Lipinski definition) is 1. The van der Waals surface area contributed by atoms with Crippen molar-refractivity contribution < 1.29 is 0 Å². The number of aryl methyl sites for hydroxylation is 2. The van der Waals surface area contributed by atoms with Crippen molar-refractivity contribution in [2.45, 2.75) is 52.9 Å². The van der Waals surface area contributed by atoms with E-state index in [1.54, 1.807) is 11.1 Å². The van der Waals surface area contributed by atoms with Gasteiger partial charge in [-0.2, -0.15) is 0 Å². The monoisotopic (exact) mass is 265 g/mol. The highest BCUT2D eigenvalue weighted by molar-refractivity contribution is 5.87. The minimum atomic E-state index is 1.07. The van der Waals surface area contributed by atoms with Gasteiger partial charge < -0.3 is 0 Å². The highest BCUT2D eigenvalue weighted by Crippen LogP contribution is 2.33. The second-order valence-electron chi connectivity index (χ2n) is 5.97. The van der Waals surface area contributed by atoms with E-state index in [9.17, 15) is 0 Å². The number of nitrogens with zero attached hydrogens (tertiary/aromatic N) is 1. The average Bonchev–Trinajstić information content (AvgIpc) is 2.46. The molecule has 0 saturated heterocycles. The van der Waals surface area contributed by atoms with Crippen LogP contribution in [0.2, 0.25) is 0 Å². The second kappa shape index (κ2) is 5.40. The van der Waals surface area contributed by atoms with Crippen LogP contribution < -0.4 is 0 Å². The Bertz CT molecular complexity index is 679. The van der Waals surface area contributed by atoms with Crippen molar-refractivity contribution in [3.8, 4) is 0 Å². The SMILES string of the molecule is CCc1cc(C)nc2ccc(C3=C(C)CCCC3)cc12. The van der Waals surface area contributed by atoms with Crippen LogP contribution in [0.15, 0.2) is 29.8 Å². The molecule has 0 radical (unpaired) electrons. The van der Waals surface area contributed by atoms with E-state index < -0.39 is 0 Å². The zero-order chi connectivity index (χ0) is 14.1. The minimum Gasteiger partial charge on any atom is -0.253 e. The lowest BCUT2D eigenvalue weighted by Crippen LogP contribution is -1.98. The van der Waals surface area contributed by atoms with Crippen LogP contribution in [-0.4, -0.2) is 4.98 Å². The lowest BCUT2D eigenvalue weighted by atomic mass is 9.87. The van der Waals surface area contributed by atoms with Gasteiger partial charge in [0.15, 0.2) is 0 Å². The highest BCUT2D eigenvalue weighted by Gasteiger charge is 2.12. The van der Waals surface area contributed by atoms with Crippen LogP contribution in [-0.2, 0) is 6.42 Å². The first-order valence-corrected chi connectivity index (χ1v) is 7.78. The van der Waals surface area contributed by atoms with E-state index in [1.165, 1.54) is 42.2 Å². The van der Waals surface area contributed by atoms with E-state index in [4.69, 9.17) is 0 Å². The lowest BCUT2D eigenvalue weighted by Gasteiger charge is -2.19. The maximum Gasteiger partial charge on any atom is 0.0708 e. The van der Waals surface area contributed by atoms with Gasteiger partial charge in [0.25, 0.3) is 0 Å². The van der Waals surface area contributed by atoms with Gasteiger partial charge in [0.2, 0.25) is 0 Å². The smallest absolute Gasteiger partial charge is 0.0708 e. The van der Waals surface area contributed by atoms with Gasteiger partial charge in [-0.3, -0.25) is 4.98 Å². The molecule has 3 rings (SSSR count). The Kier molecular flexibility index (Phi) is 3.60. The molecule has 1 heterocycles. The third-order valence-corrected chi connectivity index (χ3v) is 4.50. The molecule has 20 heavy (non-hydrogen) atoms. The third-order valence-electron chi connectivity index (χ3n) is 4.50. The normalized spacial score (nSPS) is 15.9. The van der Waals surface area contributed by atoms with Gasteiger partial charge >= 0.3 is 0 Å². The molecule has 1 aromatic carbocycles. The Balaban J connectivity index is 2.17. The van der Waals surface area contributed by atoms with Crippen LogP contribution >= 0.6 is 0 Å². The highest BCUT2D eigenvalue weighted by atomic mass is 14.7. The Hall–Kier alpha value is -1.63. The van der Waals surface area contributed by atoms with E-state index in [1.807, 2.05) is 0 Å². The third kappa shape index (κ3) is 2.37. The van der Waals surface area contributed by atoms with E-state index in [-0.39, 0.29) is 0 Å². The fourth-order valence-electron chi connectivity index (χ4n) is 3.37. The fraction of sp³-hybridized carbons (Fsp3) is 0.421. The second-order valence-corrected chi connectivity index (χ2v) is 5.97. The molecule has 104 valence electrons. The van der Waals surface area contributed by atoms with Crippen LogP contribution in [0.1, 0.15) is 56.4 Å². The summed E-state index contributed by atoms with van der Waals surface area (Å²) in [6.07, 6.45) is 6.25. The van der Waals surface area contributed by atoms with Gasteiger partial charge in [0.05, 0.1) is 5.52 Å². The van der Waals surface area contributed by atoms with Crippen LogP contribution in [0.5, 0.6) is 0 Å². The van der Waals surface area contributed by atoms with Crippen LogP contribution in [0.25, 0.3) is 16.5 Å². The summed E-state index contributed by atoms with van der Waals surface area (Å²) in [5.41, 5.74) is 8.24. The fourth-order valence-corrected chi connectivity index (χ4v) is 3.37. The first-order valence-electron chi connectivity index (χ1n) is 7.78. The Morgan fingerprint density at radius 3 is 2.60 bits per heavy atom. The molecule has 1 heteroatoms. The zero-order valence-corrected chi connectivity index (χ0v) is 12.8. The molecule has 1 aromatic heterocycles. The Morgan fingerprint density at radius 1 is 1.05 bits per heavy atom. The molecule has 1 nitrogen and oxygen atoms in total. The van der Waals surface area contributed by atoms with Crippen LogP contribution in [0.4, 0.5) is 0 Å². The molecule has 0 N–H and O–H groups in total. The minimum absolute atomic E-state index is 1.07. The predicted octanol–water partition coefficient (Wildman–Crippen LogP) is 5.45. The molecule has 0 aliphatic heterocycles. The molecule has 1 aliphatic carbocycles. The standard InChI is InChI=1S/C19H23N/c1-4-15-11-14(3)20-19-10-9-16(12-18(15)19)17-8-6-5-7-13(17)2/h9-12H,4-8H2,1-3H3. The number of pyridine rings is 1. The predicted molar refractivity (Wildman–Crippen MR) is 86.9 cm³/mol. The van der Waals surface area contributed by atoms with Crippen LogP contribution in [0, 0.1) is 6.92 Å². The number of allylic oxidation sites excluding steroid dienone is 2. The van der Waals surface area contributed by atoms with Gasteiger partial charge in [-0.05, 0) is 80.9 Å². The average molecular weight is 265 g/mol. The first-order chi connectivity index (χ1) is 9.69. The maximum atomic E-state index is 4.67. The molecular weight excluding hydrogens is 242 g/mol. The summed E-state index contributed by atoms with van der Waals surface area (Å²) in [4.78, 5) is 4.67. The van der Waals surface area contributed by atoms with Crippen molar-refractivity contribution >= 4 is 16.5 Å². The largest absolute Gasteiger partial charge is 0.253 e. The molecule has 0 atom stereocenters. The zero-order valence-electron chi connectivity index (χ0n) is 12.8. The number of fused-ring (bicyclic) bond motifs is 1. The number of hydrogen-bond donors (Lipinski definition) is 0. The number of benzene rings is 1. The van der Waals surface area contributed by atoms with E-state index in [0.29, 0.717) is 0 Å². The van der Waals surface area contributed by atoms with Gasteiger partial charge in [-0.1, -0.05) is 18.6 Å². The summed E-state index contributed by atoms with van der Waals surface area (Å²) in [7, 11) is 0. The maximum absolute atomic E-state index is 4.67. The number of rotatable bonds is 2. The van der Waals surface area contributed by atoms with E-state index >= 15 is 0 Å². The molecule has 1 aliphatic rings. The lowest BCUT2D eigenvalue weighted by molar-refractivity contribution is 0.714. The summed E-state index contributed by atoms with van der Waals surface area (Å²) < 4.78 is 0. The molecule has 2 aromatic rings. The van der Waals surface area contributed by atoms with E-state index in [2.05, 4.69) is 50.0 Å². The van der Waals surface area contributed by atoms with Crippen molar-refractivity contribution in [3.05, 3.63) is 46.7 Å². The topological polar surface area (TPSA) is 12.9 Å². The molecule has 0 unspecified atom stereocenters. The van der Waals surface area contributed by atoms with Gasteiger partial charge in [-0.25, -0.2) is 0 Å². The summed E-state index contributed by atoms with van der Waals surface area (Å²) in [5, 5.41) is 1.33. The number of aromatic nitrogens is 1. The Morgan fingerprint density at radius 2 is 1.85 bits per heavy atom. The molecule has 0 spiro atoms. The van der Waals surface area contributed by atoms with Gasteiger partial charge in [-0.15, -0.1) is 0 Å². The van der Waals surface area contributed by atoms with E-state index in [0.717, 1.165) is 17.6 Å². The molecular formula is C19H23N. The summed E-state index contributed by atoms with van der Waals surface area (Å²) in [6.45, 7) is 6.61. The quantitative estimate of drug-likeness (QED) is 0.703. The van der Waals surface area contributed by atoms with Crippen molar-refractivity contribution in [1.82, 2.24) is 4.98 Å². The van der Waals surface area contributed by atoms with Crippen LogP contribution in [0.3, 0.4) is 0 Å². The molecule has 0 fully saturated rings. The van der Waals surface area contributed by atoms with Crippen molar-refractivity contribution in [3.63, 3.8) is 0 Å². The summed E-state index contributed by atoms with van der Waals surface area (Å²) in [6, 6.07) is 9.06. The summed E-state index contributed by atoms with van der Waals surface area (Å²) in [5.74, 6) is 0. The first kappa shape index (κ1) is 13.4. The molecule has 0 bridgehead atoms. The summed E-state index contributed by atoms with van der Waals surface area (Å²) >= 11 is 0. The van der Waals surface area contributed by atoms with Gasteiger partial charge in [0.1, 0.15) is 0 Å². The molecule has 0 saturated carbocycles.